The molecule has 0 atom stereocenters. The van der Waals surface area contributed by atoms with E-state index in [1.54, 1.807) is 12.1 Å². The number of halogens is 3. The average Bonchev–Trinajstić information content (AvgIpc) is 2.33. The maximum Gasteiger partial charge on any atom is 0.126 e. The molecule has 0 unspecified atom stereocenters. The maximum atomic E-state index is 13.3. The number of hydrogen-bond donors (Lipinski definition) is 1. The fraction of sp³-hybridized carbons (Fsp3) is 0.538. The number of aryl methyl sites for hydroxylation is 1. The fourth-order valence-corrected chi connectivity index (χ4v) is 2.13. The summed E-state index contributed by atoms with van der Waals surface area (Å²) in [6, 6.07) is 7.08. The van der Waals surface area contributed by atoms with Crippen molar-refractivity contribution in [2.75, 3.05) is 32.7 Å². The molecule has 5 heteroatoms. The van der Waals surface area contributed by atoms with Crippen molar-refractivity contribution in [2.24, 2.45) is 0 Å². The molecule has 2 nitrogen and oxygen atoms in total. The van der Waals surface area contributed by atoms with Gasteiger partial charge in [-0.25, -0.2) is 4.39 Å². The molecule has 0 saturated carbocycles. The fourth-order valence-electron chi connectivity index (χ4n) is 2.13. The Morgan fingerprint density at radius 2 is 1.78 bits per heavy atom. The lowest BCUT2D eigenvalue weighted by Crippen LogP contribution is -2.43. The summed E-state index contributed by atoms with van der Waals surface area (Å²) in [4.78, 5) is 2.44. The van der Waals surface area contributed by atoms with Gasteiger partial charge >= 0.3 is 0 Å². The Morgan fingerprint density at radius 3 is 2.44 bits per heavy atom. The van der Waals surface area contributed by atoms with Crippen molar-refractivity contribution in [3.05, 3.63) is 35.6 Å². The van der Waals surface area contributed by atoms with Gasteiger partial charge in [0.15, 0.2) is 0 Å². The Hall–Kier alpha value is -0.350. The smallest absolute Gasteiger partial charge is 0.126 e. The molecule has 0 aromatic heterocycles. The number of hydrogen-bond acceptors (Lipinski definition) is 2. The Kier molecular flexibility index (Phi) is 9.38. The van der Waals surface area contributed by atoms with Gasteiger partial charge < -0.3 is 10.2 Å². The quantitative estimate of drug-likeness (QED) is 0.918. The highest BCUT2D eigenvalue weighted by Gasteiger charge is 2.09. The number of piperazine rings is 1. The molecule has 1 aromatic rings. The molecule has 18 heavy (non-hydrogen) atoms. The Labute approximate surface area is 121 Å². The van der Waals surface area contributed by atoms with E-state index in [0.29, 0.717) is 0 Å². The predicted molar refractivity (Wildman–Crippen MR) is 78.5 cm³/mol. The molecule has 104 valence electrons. The SMILES string of the molecule is Cl.Cl.Fc1ccccc1CCCN1CCNCC1. The van der Waals surface area contributed by atoms with Crippen LogP contribution in [0.15, 0.2) is 24.3 Å². The van der Waals surface area contributed by atoms with Gasteiger partial charge in [0.05, 0.1) is 0 Å². The molecule has 0 radical (unpaired) electrons. The summed E-state index contributed by atoms with van der Waals surface area (Å²) in [5.41, 5.74) is 0.845. The summed E-state index contributed by atoms with van der Waals surface area (Å²) in [6.45, 7) is 5.49. The van der Waals surface area contributed by atoms with Gasteiger partial charge in [-0.1, -0.05) is 18.2 Å². The van der Waals surface area contributed by atoms with Crippen LogP contribution < -0.4 is 5.32 Å². The van der Waals surface area contributed by atoms with E-state index in [1.165, 1.54) is 0 Å². The minimum atomic E-state index is -0.0668. The second-order valence-corrected chi connectivity index (χ2v) is 4.29. The monoisotopic (exact) mass is 294 g/mol. The summed E-state index contributed by atoms with van der Waals surface area (Å²) >= 11 is 0. The Bertz CT molecular complexity index is 331. The lowest BCUT2D eigenvalue weighted by molar-refractivity contribution is 0.238. The lowest BCUT2D eigenvalue weighted by atomic mass is 10.1. The van der Waals surface area contributed by atoms with E-state index < -0.39 is 0 Å². The number of rotatable bonds is 4. The highest BCUT2D eigenvalue weighted by Crippen LogP contribution is 2.09. The van der Waals surface area contributed by atoms with Crippen LogP contribution in [0.2, 0.25) is 0 Å². The van der Waals surface area contributed by atoms with Crippen molar-refractivity contribution in [3.8, 4) is 0 Å². The zero-order valence-corrected chi connectivity index (χ0v) is 12.0. The first-order chi connectivity index (χ1) is 7.86. The molecular formula is C13H21Cl2FN2. The molecule has 1 N–H and O–H groups in total. The van der Waals surface area contributed by atoms with E-state index in [-0.39, 0.29) is 30.6 Å². The van der Waals surface area contributed by atoms with Crippen molar-refractivity contribution in [1.29, 1.82) is 0 Å². The predicted octanol–water partition coefficient (Wildman–Crippen LogP) is 2.51. The van der Waals surface area contributed by atoms with Gasteiger partial charge in [0, 0.05) is 26.2 Å². The third-order valence-electron chi connectivity index (χ3n) is 3.09. The van der Waals surface area contributed by atoms with Crippen molar-refractivity contribution < 1.29 is 4.39 Å². The van der Waals surface area contributed by atoms with E-state index in [9.17, 15) is 4.39 Å². The topological polar surface area (TPSA) is 15.3 Å². The van der Waals surface area contributed by atoms with Crippen LogP contribution in [0, 0.1) is 5.82 Å². The van der Waals surface area contributed by atoms with Gasteiger partial charge in [-0.2, -0.15) is 0 Å². The molecule has 1 heterocycles. The molecule has 0 bridgehead atoms. The summed E-state index contributed by atoms with van der Waals surface area (Å²) in [5.74, 6) is -0.0668. The largest absolute Gasteiger partial charge is 0.314 e. The number of nitrogens with one attached hydrogen (secondary N) is 1. The molecule has 1 aliphatic heterocycles. The van der Waals surface area contributed by atoms with Crippen molar-refractivity contribution >= 4 is 24.8 Å². The standard InChI is InChI=1S/C13H19FN2.2ClH/c14-13-6-2-1-4-12(13)5-3-9-16-10-7-15-8-11-16;;/h1-2,4,6,15H,3,5,7-11H2;2*1H. The third kappa shape index (κ3) is 5.53. The van der Waals surface area contributed by atoms with Crippen molar-refractivity contribution in [2.45, 2.75) is 12.8 Å². The first-order valence-electron chi connectivity index (χ1n) is 6.03. The minimum Gasteiger partial charge on any atom is -0.314 e. The third-order valence-corrected chi connectivity index (χ3v) is 3.09. The second kappa shape index (κ2) is 9.56. The van der Waals surface area contributed by atoms with E-state index in [1.807, 2.05) is 12.1 Å². The van der Waals surface area contributed by atoms with Crippen LogP contribution in [0.3, 0.4) is 0 Å². The van der Waals surface area contributed by atoms with Crippen LogP contribution >= 0.6 is 24.8 Å². The van der Waals surface area contributed by atoms with Crippen LogP contribution in [0.1, 0.15) is 12.0 Å². The van der Waals surface area contributed by atoms with E-state index in [2.05, 4.69) is 10.2 Å². The van der Waals surface area contributed by atoms with Crippen molar-refractivity contribution in [3.63, 3.8) is 0 Å². The van der Waals surface area contributed by atoms with Crippen LogP contribution in [0.25, 0.3) is 0 Å². The molecule has 2 rings (SSSR count). The number of nitrogens with zero attached hydrogens (tertiary/aromatic N) is 1. The molecule has 0 spiro atoms. The molecule has 1 saturated heterocycles. The molecule has 1 aliphatic rings. The molecule has 0 amide bonds. The molecular weight excluding hydrogens is 274 g/mol. The first kappa shape index (κ1) is 17.6. The number of benzene rings is 1. The highest BCUT2D eigenvalue weighted by atomic mass is 35.5. The molecule has 0 aliphatic carbocycles. The normalized spacial score (nSPS) is 15.6. The van der Waals surface area contributed by atoms with Gasteiger partial charge in [0.1, 0.15) is 5.82 Å². The first-order valence-corrected chi connectivity index (χ1v) is 6.03. The summed E-state index contributed by atoms with van der Waals surface area (Å²) in [7, 11) is 0. The maximum absolute atomic E-state index is 13.3. The molecule has 1 aromatic carbocycles. The minimum absolute atomic E-state index is 0. The lowest BCUT2D eigenvalue weighted by Gasteiger charge is -2.27. The highest BCUT2D eigenvalue weighted by molar-refractivity contribution is 5.85. The van der Waals surface area contributed by atoms with Crippen molar-refractivity contribution in [1.82, 2.24) is 10.2 Å². The summed E-state index contributed by atoms with van der Waals surface area (Å²) in [5, 5.41) is 3.33. The Balaban J connectivity index is 0.00000144. The summed E-state index contributed by atoms with van der Waals surface area (Å²) in [6.07, 6.45) is 1.89. The van der Waals surface area contributed by atoms with Crippen LogP contribution in [0.4, 0.5) is 4.39 Å². The van der Waals surface area contributed by atoms with Crippen LogP contribution in [0.5, 0.6) is 0 Å². The van der Waals surface area contributed by atoms with Gasteiger partial charge in [-0.3, -0.25) is 0 Å². The van der Waals surface area contributed by atoms with E-state index in [4.69, 9.17) is 0 Å². The summed E-state index contributed by atoms with van der Waals surface area (Å²) < 4.78 is 13.3. The van der Waals surface area contributed by atoms with Crippen LogP contribution in [-0.2, 0) is 6.42 Å². The van der Waals surface area contributed by atoms with Gasteiger partial charge in [0.25, 0.3) is 0 Å². The zero-order chi connectivity index (χ0) is 11.2. The van der Waals surface area contributed by atoms with Crippen LogP contribution in [-0.4, -0.2) is 37.6 Å². The van der Waals surface area contributed by atoms with Gasteiger partial charge in [0.2, 0.25) is 0 Å². The van der Waals surface area contributed by atoms with Gasteiger partial charge in [-0.05, 0) is 31.0 Å². The Morgan fingerprint density at radius 1 is 1.11 bits per heavy atom. The molecule has 1 fully saturated rings. The van der Waals surface area contributed by atoms with E-state index >= 15 is 0 Å². The zero-order valence-electron chi connectivity index (χ0n) is 10.4. The average molecular weight is 295 g/mol. The van der Waals surface area contributed by atoms with Gasteiger partial charge in [-0.15, -0.1) is 24.8 Å². The second-order valence-electron chi connectivity index (χ2n) is 4.29. The van der Waals surface area contributed by atoms with E-state index in [0.717, 1.165) is 51.1 Å².